The van der Waals surface area contributed by atoms with Crippen molar-refractivity contribution in [1.82, 2.24) is 25.1 Å². The van der Waals surface area contributed by atoms with Crippen molar-refractivity contribution in [2.45, 2.75) is 46.4 Å². The molecule has 0 radical (unpaired) electrons. The smallest absolute Gasteiger partial charge is 0.410 e. The number of carbonyl (C=O) groups excluding carboxylic acids is 2. The van der Waals surface area contributed by atoms with Crippen molar-refractivity contribution in [1.29, 1.82) is 0 Å². The van der Waals surface area contributed by atoms with Crippen LogP contribution in [0.25, 0.3) is 11.6 Å². The van der Waals surface area contributed by atoms with E-state index in [1.165, 1.54) is 15.9 Å². The maximum Gasteiger partial charge on any atom is 0.410 e. The number of fused-ring (bicyclic) bond motifs is 1. The molecule has 0 saturated heterocycles. The van der Waals surface area contributed by atoms with E-state index in [9.17, 15) is 9.59 Å². The second kappa shape index (κ2) is 8.43. The van der Waals surface area contributed by atoms with Gasteiger partial charge in [-0.2, -0.15) is 0 Å². The summed E-state index contributed by atoms with van der Waals surface area (Å²) >= 11 is 6.20. The fourth-order valence-electron chi connectivity index (χ4n) is 3.37. The summed E-state index contributed by atoms with van der Waals surface area (Å²) in [6.07, 6.45) is -0.497. The number of carbonyl (C=O) groups is 2. The van der Waals surface area contributed by atoms with Crippen LogP contribution in [0.15, 0.2) is 28.7 Å². The zero-order valence-corrected chi connectivity index (χ0v) is 19.7. The Hall–Kier alpha value is -3.53. The van der Waals surface area contributed by atoms with E-state index in [0.717, 1.165) is 0 Å². The van der Waals surface area contributed by atoms with Gasteiger partial charge in [-0.3, -0.25) is 9.69 Å². The minimum absolute atomic E-state index is 0.133. The van der Waals surface area contributed by atoms with E-state index < -0.39 is 11.7 Å². The molecular weight excluding hydrogens is 448 g/mol. The summed E-state index contributed by atoms with van der Waals surface area (Å²) in [7, 11) is 1.61. The number of rotatable bonds is 4. The molecule has 4 rings (SSSR count). The summed E-state index contributed by atoms with van der Waals surface area (Å²) in [5.41, 5.74) is 1.45. The lowest BCUT2D eigenvalue weighted by Gasteiger charge is -2.25. The number of hydrogen-bond donors (Lipinski definition) is 0. The number of aryl methyl sites for hydroxylation is 1. The molecule has 11 heteroatoms. The summed E-state index contributed by atoms with van der Waals surface area (Å²) in [4.78, 5) is 37.4. The second-order valence-electron chi connectivity index (χ2n) is 8.65. The summed E-state index contributed by atoms with van der Waals surface area (Å²) in [6.45, 7) is 7.43. The molecule has 0 aliphatic carbocycles. The normalized spacial score (nSPS) is 13.3. The molecule has 3 aromatic heterocycles. The molecule has 0 saturated carbocycles. The van der Waals surface area contributed by atoms with E-state index in [4.69, 9.17) is 20.8 Å². The minimum atomic E-state index is -0.630. The van der Waals surface area contributed by atoms with E-state index in [2.05, 4.69) is 20.2 Å². The topological polar surface area (TPSA) is 115 Å². The molecule has 0 bridgehead atoms. The van der Waals surface area contributed by atoms with Gasteiger partial charge >= 0.3 is 6.09 Å². The molecule has 0 N–H and O–H groups in total. The van der Waals surface area contributed by atoms with Crippen molar-refractivity contribution in [2.24, 2.45) is 0 Å². The van der Waals surface area contributed by atoms with Crippen molar-refractivity contribution >= 4 is 29.4 Å². The second-order valence-corrected chi connectivity index (χ2v) is 9.04. The number of halogens is 1. The van der Waals surface area contributed by atoms with Gasteiger partial charge in [0.05, 0.1) is 18.8 Å². The average molecular weight is 471 g/mol. The van der Waals surface area contributed by atoms with Gasteiger partial charge in [-0.15, -0.1) is 10.2 Å². The molecule has 3 aromatic rings. The highest BCUT2D eigenvalue weighted by molar-refractivity contribution is 6.30. The van der Waals surface area contributed by atoms with E-state index in [0.29, 0.717) is 34.2 Å². The van der Waals surface area contributed by atoms with Gasteiger partial charge in [0.15, 0.2) is 0 Å². The monoisotopic (exact) mass is 470 g/mol. The lowest BCUT2D eigenvalue weighted by Crippen LogP contribution is -2.34. The number of anilines is 1. The van der Waals surface area contributed by atoms with Gasteiger partial charge in [0, 0.05) is 25.1 Å². The highest BCUT2D eigenvalue weighted by atomic mass is 35.5. The molecule has 10 nitrogen and oxygen atoms in total. The molecule has 1 aliphatic rings. The van der Waals surface area contributed by atoms with Gasteiger partial charge in [0.1, 0.15) is 22.3 Å². The molecule has 0 unspecified atom stereocenters. The Morgan fingerprint density at radius 3 is 2.70 bits per heavy atom. The molecule has 0 atom stereocenters. The van der Waals surface area contributed by atoms with Crippen molar-refractivity contribution in [3.63, 3.8) is 0 Å². The van der Waals surface area contributed by atoms with Crippen molar-refractivity contribution in [3.05, 3.63) is 52.1 Å². The first-order valence-electron chi connectivity index (χ1n) is 10.2. The van der Waals surface area contributed by atoms with Crippen LogP contribution in [-0.2, 0) is 17.8 Å². The van der Waals surface area contributed by atoms with Gasteiger partial charge in [-0.05, 0) is 39.0 Å². The van der Waals surface area contributed by atoms with Crippen LogP contribution in [0.5, 0.6) is 0 Å². The summed E-state index contributed by atoms with van der Waals surface area (Å²) in [5, 5.41) is 7.97. The van der Waals surface area contributed by atoms with Crippen molar-refractivity contribution < 1.29 is 18.7 Å². The van der Waals surface area contributed by atoms with Gasteiger partial charge < -0.3 is 14.1 Å². The van der Waals surface area contributed by atoms with E-state index in [1.54, 1.807) is 52.9 Å². The fourth-order valence-corrected chi connectivity index (χ4v) is 3.58. The number of nitrogens with zero attached hydrogens (tertiary/aromatic N) is 6. The zero-order valence-electron chi connectivity index (χ0n) is 18.9. The summed E-state index contributed by atoms with van der Waals surface area (Å²) in [5.74, 6) is 0.846. The Labute approximate surface area is 195 Å². The lowest BCUT2D eigenvalue weighted by molar-refractivity contribution is 0.0282. The highest BCUT2D eigenvalue weighted by Gasteiger charge is 2.33. The summed E-state index contributed by atoms with van der Waals surface area (Å²) in [6, 6.07) is 6.74. The number of aromatic nitrogens is 4. The average Bonchev–Trinajstić information content (AvgIpc) is 3.31. The Morgan fingerprint density at radius 1 is 1.27 bits per heavy atom. The quantitative estimate of drug-likeness (QED) is 0.525. The van der Waals surface area contributed by atoms with Crippen LogP contribution in [0, 0.1) is 6.92 Å². The van der Waals surface area contributed by atoms with Gasteiger partial charge in [0.25, 0.3) is 11.8 Å². The van der Waals surface area contributed by atoms with Crippen LogP contribution in [0.2, 0.25) is 5.15 Å². The van der Waals surface area contributed by atoms with Crippen LogP contribution in [0.4, 0.5) is 10.6 Å². The molecule has 0 spiro atoms. The third-order valence-corrected chi connectivity index (χ3v) is 5.01. The van der Waals surface area contributed by atoms with E-state index in [1.807, 2.05) is 0 Å². The van der Waals surface area contributed by atoms with E-state index in [-0.39, 0.29) is 30.0 Å². The van der Waals surface area contributed by atoms with Gasteiger partial charge in [0.2, 0.25) is 5.89 Å². The Morgan fingerprint density at radius 2 is 2.03 bits per heavy atom. The Bertz CT molecular complexity index is 1240. The third-order valence-electron chi connectivity index (χ3n) is 4.82. The van der Waals surface area contributed by atoms with Gasteiger partial charge in [-0.25, -0.2) is 14.8 Å². The molecule has 0 fully saturated rings. The first kappa shape index (κ1) is 22.7. The van der Waals surface area contributed by atoms with Crippen LogP contribution in [0.3, 0.4) is 0 Å². The predicted octanol–water partition coefficient (Wildman–Crippen LogP) is 4.02. The molecule has 33 heavy (non-hydrogen) atoms. The maximum absolute atomic E-state index is 13.2. The molecule has 172 valence electrons. The van der Waals surface area contributed by atoms with E-state index >= 15 is 0 Å². The fraction of sp³-hybridized carbons (Fsp3) is 0.364. The van der Waals surface area contributed by atoms with Crippen LogP contribution in [-0.4, -0.2) is 49.7 Å². The van der Waals surface area contributed by atoms with Crippen LogP contribution >= 0.6 is 11.6 Å². The molecule has 1 aliphatic heterocycles. The molecule has 0 aromatic carbocycles. The highest BCUT2D eigenvalue weighted by Crippen LogP contribution is 2.32. The number of amides is 2. The Balaban J connectivity index is 1.62. The van der Waals surface area contributed by atoms with Crippen molar-refractivity contribution in [3.8, 4) is 11.6 Å². The van der Waals surface area contributed by atoms with Gasteiger partial charge in [-0.1, -0.05) is 17.7 Å². The predicted molar refractivity (Wildman–Crippen MR) is 120 cm³/mol. The van der Waals surface area contributed by atoms with Crippen molar-refractivity contribution in [2.75, 3.05) is 11.9 Å². The Kier molecular flexibility index (Phi) is 5.79. The first-order chi connectivity index (χ1) is 15.5. The SMILES string of the molecule is Cc1nnc(-c2cccc(N3Cc4c(cc(Cl)nc4CN(C)C(=O)OC(C)(C)C)C3=O)n2)o1. The first-order valence-corrected chi connectivity index (χ1v) is 10.6. The number of hydrogen-bond acceptors (Lipinski definition) is 8. The standard InChI is InChI=1S/C22H23ClN6O4/c1-12-26-27-19(32-12)15-7-6-8-18(25-15)29-10-14-13(20(29)30)9-17(23)24-16(14)11-28(5)21(31)33-22(2,3)4/h6-9H,10-11H2,1-5H3. The molecule has 2 amide bonds. The number of ether oxygens (including phenoxy) is 1. The van der Waals surface area contributed by atoms with Crippen LogP contribution < -0.4 is 4.90 Å². The third kappa shape index (κ3) is 4.80. The lowest BCUT2D eigenvalue weighted by atomic mass is 10.1. The number of pyridine rings is 2. The minimum Gasteiger partial charge on any atom is -0.444 e. The molecular formula is C22H23ClN6O4. The molecule has 4 heterocycles. The van der Waals surface area contributed by atoms with Crippen LogP contribution in [0.1, 0.15) is 48.3 Å². The zero-order chi connectivity index (χ0) is 23.9. The maximum atomic E-state index is 13.2. The summed E-state index contributed by atoms with van der Waals surface area (Å²) < 4.78 is 10.9. The largest absolute Gasteiger partial charge is 0.444 e.